The van der Waals surface area contributed by atoms with Gasteiger partial charge in [0, 0.05) is 29.7 Å². The number of aromatic nitrogens is 2. The molecule has 0 fully saturated rings. The van der Waals surface area contributed by atoms with E-state index in [4.69, 9.17) is 0 Å². The molecule has 0 bridgehead atoms. The van der Waals surface area contributed by atoms with Gasteiger partial charge in [0.2, 0.25) is 5.91 Å². The van der Waals surface area contributed by atoms with Gasteiger partial charge < -0.3 is 14.3 Å². The van der Waals surface area contributed by atoms with Gasteiger partial charge in [-0.15, -0.1) is 11.8 Å². The van der Waals surface area contributed by atoms with Crippen LogP contribution in [0.4, 0.5) is 10.1 Å². The first kappa shape index (κ1) is 19.3. The van der Waals surface area contributed by atoms with Crippen LogP contribution in [0.5, 0.6) is 0 Å². The number of carbonyl (C=O) groups is 1. The molecular formula is C22H20FN3O2S. The van der Waals surface area contributed by atoms with E-state index in [2.05, 4.69) is 5.32 Å². The average molecular weight is 409 g/mol. The van der Waals surface area contributed by atoms with Gasteiger partial charge in [-0.1, -0.05) is 6.07 Å². The minimum atomic E-state index is -0.399. The molecule has 5 nitrogen and oxygen atoms in total. The van der Waals surface area contributed by atoms with Gasteiger partial charge in [-0.3, -0.25) is 9.59 Å². The number of rotatable bonds is 6. The molecule has 0 saturated heterocycles. The van der Waals surface area contributed by atoms with E-state index in [-0.39, 0.29) is 17.9 Å². The predicted octanol–water partition coefficient (Wildman–Crippen LogP) is 4.53. The van der Waals surface area contributed by atoms with Crippen LogP contribution in [0.2, 0.25) is 0 Å². The van der Waals surface area contributed by atoms with Gasteiger partial charge in [0.1, 0.15) is 11.3 Å². The molecule has 7 heteroatoms. The second kappa shape index (κ2) is 8.13. The monoisotopic (exact) mass is 409 g/mol. The van der Waals surface area contributed by atoms with Crippen LogP contribution in [-0.2, 0) is 11.3 Å². The second-order valence-corrected chi connectivity index (χ2v) is 7.62. The first-order valence-corrected chi connectivity index (χ1v) is 10.5. The van der Waals surface area contributed by atoms with E-state index in [9.17, 15) is 14.0 Å². The lowest BCUT2D eigenvalue weighted by Crippen LogP contribution is -2.23. The summed E-state index contributed by atoms with van der Waals surface area (Å²) >= 11 is 1.61. The number of aryl methyl sites for hydroxylation is 1. The van der Waals surface area contributed by atoms with E-state index in [1.807, 2.05) is 30.5 Å². The number of anilines is 1. The van der Waals surface area contributed by atoms with Crippen molar-refractivity contribution < 1.29 is 9.18 Å². The van der Waals surface area contributed by atoms with E-state index in [0.717, 1.165) is 16.1 Å². The summed E-state index contributed by atoms with van der Waals surface area (Å²) in [6.07, 6.45) is 4.50. The third-order valence-corrected chi connectivity index (χ3v) is 5.57. The summed E-state index contributed by atoms with van der Waals surface area (Å²) in [5.41, 5.74) is 2.36. The van der Waals surface area contributed by atoms with Gasteiger partial charge in [0.15, 0.2) is 0 Å². The molecule has 29 heavy (non-hydrogen) atoms. The van der Waals surface area contributed by atoms with Crippen molar-refractivity contribution in [3.8, 4) is 0 Å². The molecule has 1 amide bonds. The summed E-state index contributed by atoms with van der Waals surface area (Å²) in [5, 5.41) is 2.89. The number of fused-ring (bicyclic) bond motifs is 3. The highest BCUT2D eigenvalue weighted by Gasteiger charge is 2.12. The molecule has 2 aromatic carbocycles. The molecule has 2 aromatic heterocycles. The Hall–Kier alpha value is -3.06. The lowest BCUT2D eigenvalue weighted by Gasteiger charge is -2.13. The normalized spacial score (nSPS) is 11.2. The third-order valence-electron chi connectivity index (χ3n) is 4.84. The van der Waals surface area contributed by atoms with Crippen LogP contribution in [0.15, 0.2) is 70.5 Å². The lowest BCUT2D eigenvalue weighted by atomic mass is 10.2. The number of amides is 1. The van der Waals surface area contributed by atoms with Gasteiger partial charge in [0.05, 0.1) is 11.0 Å². The van der Waals surface area contributed by atoms with Crippen LogP contribution >= 0.6 is 11.8 Å². The number of hydrogen-bond acceptors (Lipinski definition) is 3. The predicted molar refractivity (Wildman–Crippen MR) is 115 cm³/mol. The fraction of sp³-hybridized carbons (Fsp3) is 0.182. The Morgan fingerprint density at radius 3 is 2.76 bits per heavy atom. The number of nitrogens with zero attached hydrogens (tertiary/aromatic N) is 2. The molecule has 0 aliphatic heterocycles. The van der Waals surface area contributed by atoms with E-state index in [1.54, 1.807) is 45.1 Å². The summed E-state index contributed by atoms with van der Waals surface area (Å²) in [7, 11) is 0. The number of hydrogen-bond donors (Lipinski definition) is 1. The highest BCUT2D eigenvalue weighted by atomic mass is 32.2. The summed E-state index contributed by atoms with van der Waals surface area (Å²) in [5.74, 6) is -0.515. The maximum atomic E-state index is 13.8. The molecule has 0 radical (unpaired) electrons. The Balaban J connectivity index is 1.53. The van der Waals surface area contributed by atoms with E-state index in [0.29, 0.717) is 24.0 Å². The molecule has 148 valence electrons. The van der Waals surface area contributed by atoms with Gasteiger partial charge in [-0.2, -0.15) is 0 Å². The van der Waals surface area contributed by atoms with Crippen molar-refractivity contribution in [2.45, 2.75) is 24.3 Å². The van der Waals surface area contributed by atoms with Crippen molar-refractivity contribution in [1.82, 2.24) is 8.97 Å². The highest BCUT2D eigenvalue weighted by molar-refractivity contribution is 7.98. The summed E-state index contributed by atoms with van der Waals surface area (Å²) < 4.78 is 17.2. The third kappa shape index (κ3) is 3.91. The first-order valence-electron chi connectivity index (χ1n) is 9.30. The van der Waals surface area contributed by atoms with Crippen molar-refractivity contribution >= 4 is 39.9 Å². The first-order chi connectivity index (χ1) is 14.1. The number of carbonyl (C=O) groups excluding carboxylic acids is 1. The number of benzene rings is 2. The average Bonchev–Trinajstić information content (AvgIpc) is 3.20. The largest absolute Gasteiger partial charge is 0.326 e. The minimum Gasteiger partial charge on any atom is -0.326 e. The van der Waals surface area contributed by atoms with Crippen LogP contribution < -0.4 is 10.9 Å². The lowest BCUT2D eigenvalue weighted by molar-refractivity contribution is -0.116. The van der Waals surface area contributed by atoms with Crippen LogP contribution in [0.1, 0.15) is 12.8 Å². The molecule has 0 atom stereocenters. The molecule has 4 aromatic rings. The fourth-order valence-electron chi connectivity index (χ4n) is 3.47. The van der Waals surface area contributed by atoms with Crippen molar-refractivity contribution in [3.05, 3.63) is 77.0 Å². The SMILES string of the molecule is CSc1cccc(NC(=O)CCCn2c(=O)c3cccn3c3ccc(F)cc32)c1. The maximum absolute atomic E-state index is 13.8. The van der Waals surface area contributed by atoms with Crippen molar-refractivity contribution in [3.63, 3.8) is 0 Å². The molecule has 4 rings (SSSR count). The van der Waals surface area contributed by atoms with Crippen LogP contribution in [0.25, 0.3) is 16.6 Å². The second-order valence-electron chi connectivity index (χ2n) is 6.74. The number of nitrogens with one attached hydrogen (secondary N) is 1. The fourth-order valence-corrected chi connectivity index (χ4v) is 3.93. The maximum Gasteiger partial charge on any atom is 0.275 e. The molecule has 0 aliphatic carbocycles. The summed E-state index contributed by atoms with van der Waals surface area (Å²) in [4.78, 5) is 26.2. The van der Waals surface area contributed by atoms with Crippen molar-refractivity contribution in [1.29, 1.82) is 0 Å². The summed E-state index contributed by atoms with van der Waals surface area (Å²) in [6, 6.07) is 15.6. The molecule has 0 unspecified atom stereocenters. The van der Waals surface area contributed by atoms with Gasteiger partial charge >= 0.3 is 0 Å². The molecule has 0 spiro atoms. The standard InChI is InChI=1S/C22H20FN3O2S/c1-29-17-6-2-5-16(14-17)24-21(27)8-4-12-26-20-13-15(23)9-10-18(20)25-11-3-7-19(25)22(26)28/h2-3,5-7,9-11,13-14H,4,8,12H2,1H3,(H,24,27). The van der Waals surface area contributed by atoms with Crippen LogP contribution in [-0.4, -0.2) is 21.1 Å². The quantitative estimate of drug-likeness (QED) is 0.476. The van der Waals surface area contributed by atoms with E-state index >= 15 is 0 Å². The zero-order valence-corrected chi connectivity index (χ0v) is 16.7. The van der Waals surface area contributed by atoms with Crippen molar-refractivity contribution in [2.75, 3.05) is 11.6 Å². The Morgan fingerprint density at radius 2 is 1.93 bits per heavy atom. The van der Waals surface area contributed by atoms with Crippen molar-refractivity contribution in [2.24, 2.45) is 0 Å². The van der Waals surface area contributed by atoms with E-state index in [1.165, 1.54) is 12.1 Å². The highest BCUT2D eigenvalue weighted by Crippen LogP contribution is 2.20. The number of halogens is 1. The minimum absolute atomic E-state index is 0.115. The van der Waals surface area contributed by atoms with Crippen LogP contribution in [0.3, 0.4) is 0 Å². The topological polar surface area (TPSA) is 55.5 Å². The van der Waals surface area contributed by atoms with Gasteiger partial charge in [-0.05, 0) is 61.2 Å². The van der Waals surface area contributed by atoms with Gasteiger partial charge in [0.25, 0.3) is 5.56 Å². The van der Waals surface area contributed by atoms with Gasteiger partial charge in [-0.25, -0.2) is 4.39 Å². The van der Waals surface area contributed by atoms with E-state index < -0.39 is 5.82 Å². The molecule has 0 aliphatic rings. The Morgan fingerprint density at radius 1 is 1.07 bits per heavy atom. The summed E-state index contributed by atoms with van der Waals surface area (Å²) in [6.45, 7) is 0.332. The van der Waals surface area contributed by atoms with Crippen LogP contribution in [0, 0.1) is 5.82 Å². The Bertz CT molecular complexity index is 1260. The molecule has 0 saturated carbocycles. The molecule has 2 heterocycles. The zero-order valence-electron chi connectivity index (χ0n) is 15.9. The Kier molecular flexibility index (Phi) is 5.40. The Labute approximate surface area is 171 Å². The molecular weight excluding hydrogens is 389 g/mol. The molecule has 1 N–H and O–H groups in total. The smallest absolute Gasteiger partial charge is 0.275 e. The number of thioether (sulfide) groups is 1. The zero-order chi connectivity index (χ0) is 20.4.